The van der Waals surface area contributed by atoms with Crippen LogP contribution in [0.15, 0.2) is 70.6 Å². The van der Waals surface area contributed by atoms with Crippen molar-refractivity contribution >= 4 is 29.6 Å². The molecular formula is C64H92N2O22. The van der Waals surface area contributed by atoms with Crippen LogP contribution in [0.1, 0.15) is 134 Å². The zero-order valence-electron chi connectivity index (χ0n) is 52.7. The number of aliphatic hydroxyl groups excluding tert-OH is 4. The Labute approximate surface area is 514 Å². The molecule has 27 unspecified atom stereocenters. The second-order valence-corrected chi connectivity index (χ2v) is 26.6. The number of alkyl carbamates (subject to hydrolysis) is 1. The Morgan fingerprint density at radius 1 is 0.784 bits per heavy atom. The van der Waals surface area contributed by atoms with Crippen LogP contribution in [0.4, 0.5) is 4.79 Å². The lowest BCUT2D eigenvalue weighted by Crippen LogP contribution is -3.17. The topological polar surface area (TPSA) is 328 Å². The second-order valence-electron chi connectivity index (χ2n) is 26.6. The number of hydroxylamine groups is 2. The Bertz CT molecular complexity index is 2800. The maximum Gasteiger partial charge on any atom is 0.407 e. The van der Waals surface area contributed by atoms with Crippen LogP contribution in [0.25, 0.3) is 0 Å². The number of esters is 2. The van der Waals surface area contributed by atoms with Crippen molar-refractivity contribution in [3.05, 3.63) is 75.8 Å². The third kappa shape index (κ3) is 13.3. The van der Waals surface area contributed by atoms with Gasteiger partial charge >= 0.3 is 18.0 Å². The molecule has 0 aromatic heterocycles. The molecule has 9 aliphatic rings. The highest BCUT2D eigenvalue weighted by Crippen LogP contribution is 2.61. The van der Waals surface area contributed by atoms with Crippen LogP contribution in [0.2, 0.25) is 0 Å². The number of ketones is 2. The first-order valence-corrected chi connectivity index (χ1v) is 31.1. The fourth-order valence-corrected chi connectivity index (χ4v) is 15.8. The third-order valence-electron chi connectivity index (χ3n) is 20.3. The summed E-state index contributed by atoms with van der Waals surface area (Å²) in [5.74, 6) is -6.48. The fourth-order valence-electron chi connectivity index (χ4n) is 15.8. The number of carbonyl (C=O) groups is 5. The average molecular weight is 1240 g/mol. The van der Waals surface area contributed by atoms with E-state index in [0.717, 1.165) is 5.57 Å². The van der Waals surface area contributed by atoms with E-state index in [9.17, 15) is 50.0 Å². The molecular weight excluding hydrogens is 1150 g/mol. The molecule has 24 heteroatoms. The van der Waals surface area contributed by atoms with Crippen LogP contribution in [0.5, 0.6) is 0 Å². The minimum Gasteiger partial charge on any atom is -0.600 e. The van der Waals surface area contributed by atoms with E-state index in [1.165, 1.54) is 46.1 Å². The molecule has 1 saturated carbocycles. The van der Waals surface area contributed by atoms with Gasteiger partial charge in [-0.25, -0.2) is 20.0 Å². The van der Waals surface area contributed by atoms with Gasteiger partial charge in [0.2, 0.25) is 5.78 Å². The van der Waals surface area contributed by atoms with E-state index in [1.807, 2.05) is 32.9 Å². The molecule has 0 radical (unpaired) electrons. The number of allylic oxidation sites excluding steroid dienone is 5. The van der Waals surface area contributed by atoms with Crippen molar-refractivity contribution in [2.45, 2.75) is 250 Å². The van der Waals surface area contributed by atoms with Gasteiger partial charge in [-0.05, 0) is 110 Å². The summed E-state index contributed by atoms with van der Waals surface area (Å²) in [4.78, 5) is 68.0. The standard InChI is InChI=1S/C64H92N2O22/c1-29-14-19-45(84-51-28-62(11,66(76)77)57(37(9)82-51)65-61(75)78-13)30(2)23-42-43(69)24-39(16-15-33(5)67)27-64(42)59(73)52(60(74)88-64)58(72)63(12)41(29)18-17-40-53(63)31(3)22-32(4)55(40)87-50-26-47(56(36(8)81-50)83-38(10)68)86-48-21-20-46(34(6)79-48)85-49-25-44(70)54(71)35(7)80-49/h14-18,23-24,31-32,34-37,40-51,53-57,66,69-72,76H,19-22,25-28H2,1-13H3,(H,65,75). The number of carbonyl (C=O) groups excluding carboxylic acids is 5. The second kappa shape index (κ2) is 26.8. The van der Waals surface area contributed by atoms with E-state index in [-0.39, 0.29) is 49.7 Å². The predicted molar refractivity (Wildman–Crippen MR) is 310 cm³/mol. The number of nitrogens with one attached hydrogen (secondary N) is 2. The van der Waals surface area contributed by atoms with Gasteiger partial charge in [0, 0.05) is 49.9 Å². The number of quaternary nitrogens is 1. The monoisotopic (exact) mass is 1240 g/mol. The van der Waals surface area contributed by atoms with Gasteiger partial charge in [-0.3, -0.25) is 14.4 Å². The molecule has 5 heterocycles. The highest BCUT2D eigenvalue weighted by molar-refractivity contribution is 6.26. The van der Waals surface area contributed by atoms with E-state index in [2.05, 4.69) is 25.2 Å². The zero-order valence-corrected chi connectivity index (χ0v) is 52.7. The van der Waals surface area contributed by atoms with Gasteiger partial charge < -0.3 is 83.1 Å². The lowest BCUT2D eigenvalue weighted by molar-refractivity contribution is -1.09. The zero-order chi connectivity index (χ0) is 64.2. The molecule has 1 spiro atoms. The first-order chi connectivity index (χ1) is 41.4. The molecule has 7 N–H and O–H groups in total. The molecule has 6 fully saturated rings. The number of methoxy groups -OCH3 is 1. The smallest absolute Gasteiger partial charge is 0.407 e. The van der Waals surface area contributed by atoms with Gasteiger partial charge in [0.05, 0.1) is 74.4 Å². The van der Waals surface area contributed by atoms with Crippen molar-refractivity contribution in [1.82, 2.24) is 5.32 Å². The summed E-state index contributed by atoms with van der Waals surface area (Å²) < 4.78 is 69.1. The highest BCUT2D eigenvalue weighted by atomic mass is 16.8. The lowest BCUT2D eigenvalue weighted by atomic mass is 9.49. The summed E-state index contributed by atoms with van der Waals surface area (Å²) in [5.41, 5.74) is -4.17. The maximum absolute atomic E-state index is 15.8. The number of fused-ring (bicyclic) bond motifs is 4. The van der Waals surface area contributed by atoms with Gasteiger partial charge in [0.15, 0.2) is 48.2 Å². The van der Waals surface area contributed by atoms with Crippen LogP contribution in [0, 0.1) is 46.1 Å². The van der Waals surface area contributed by atoms with Crippen molar-refractivity contribution < 1.29 is 107 Å². The van der Waals surface area contributed by atoms with Crippen LogP contribution in [-0.4, -0.2) is 178 Å². The van der Waals surface area contributed by atoms with E-state index >= 15 is 4.79 Å². The molecule has 1 amide bonds. The highest BCUT2D eigenvalue weighted by Gasteiger charge is 2.65. The SMILES string of the molecule is COC(=O)NC1C(C)OC(OC2CC=C(C)C3C=CC4C(OC5CC(OC6CCC(OC7CC(O)C(O)C(C)O7)C(C)O6)C(OC(C)=O)C(C)O5)C(C)CC(C)C4C3(C)C(O)=C3C(=O)OC4(CC(C=CC(C)=O)=CC(O)C4C=C2C)C3=O)CC1(C)[NH+]([O-])O. The van der Waals surface area contributed by atoms with Crippen molar-refractivity contribution in [1.29, 1.82) is 0 Å². The van der Waals surface area contributed by atoms with Crippen LogP contribution < -0.4 is 10.5 Å². The summed E-state index contributed by atoms with van der Waals surface area (Å²) >= 11 is 0. The van der Waals surface area contributed by atoms with Gasteiger partial charge in [-0.1, -0.05) is 62.8 Å². The van der Waals surface area contributed by atoms with Crippen molar-refractivity contribution in [2.75, 3.05) is 7.11 Å². The first-order valence-electron chi connectivity index (χ1n) is 31.1. The number of hydrogen-bond acceptors (Lipinski definition) is 22. The molecule has 4 aliphatic carbocycles. The lowest BCUT2D eigenvalue weighted by Gasteiger charge is -2.56. The number of rotatable bonds is 13. The van der Waals surface area contributed by atoms with Crippen molar-refractivity contribution in [2.24, 2.45) is 40.9 Å². The Balaban J connectivity index is 1.05. The van der Waals surface area contributed by atoms with Gasteiger partial charge in [-0.2, -0.15) is 0 Å². The van der Waals surface area contributed by atoms with E-state index < -0.39 is 185 Å². The number of hydrogen-bond donors (Lipinski definition) is 7. The Morgan fingerprint density at radius 2 is 1.45 bits per heavy atom. The van der Waals surface area contributed by atoms with E-state index in [4.69, 9.17) is 52.1 Å². The minimum atomic E-state index is -2.13. The number of aliphatic hydroxyl groups is 4. The molecule has 490 valence electrons. The maximum atomic E-state index is 15.8. The van der Waals surface area contributed by atoms with Crippen LogP contribution >= 0.6 is 0 Å². The molecule has 27 atom stereocenters. The molecule has 9 rings (SSSR count). The minimum absolute atomic E-state index is 0.0983. The molecule has 2 bridgehead atoms. The van der Waals surface area contributed by atoms with Crippen molar-refractivity contribution in [3.8, 4) is 0 Å². The number of amides is 1. The molecule has 88 heavy (non-hydrogen) atoms. The van der Waals surface area contributed by atoms with Crippen LogP contribution in [-0.2, 0) is 71.3 Å². The van der Waals surface area contributed by atoms with E-state index in [1.54, 1.807) is 33.8 Å². The number of ether oxygens (including phenoxy) is 11. The quantitative estimate of drug-likeness (QED) is 0.0322. The van der Waals surface area contributed by atoms with Gasteiger partial charge in [0.25, 0.3) is 0 Å². The summed E-state index contributed by atoms with van der Waals surface area (Å²) in [6.07, 6.45) is -0.876. The summed E-state index contributed by atoms with van der Waals surface area (Å²) in [6, 6.07) is -1.02. The summed E-state index contributed by atoms with van der Waals surface area (Å²) in [5, 5.41) is 71.3. The average Bonchev–Trinajstić information content (AvgIpc) is 1.35. The molecule has 24 nitrogen and oxygen atoms in total. The van der Waals surface area contributed by atoms with Gasteiger partial charge in [0.1, 0.15) is 29.6 Å². The molecule has 5 aliphatic heterocycles. The Kier molecular flexibility index (Phi) is 20.6. The van der Waals surface area contributed by atoms with Gasteiger partial charge in [-0.15, -0.1) is 0 Å². The summed E-state index contributed by atoms with van der Waals surface area (Å²) in [6.45, 7) is 20.7. The molecule has 0 aromatic carbocycles. The normalized spacial score (nSPS) is 45.2. The summed E-state index contributed by atoms with van der Waals surface area (Å²) in [7, 11) is 1.17. The number of Topliss-reactive ketones (excluding diaryl/α,β-unsaturated/α-hetero) is 1. The van der Waals surface area contributed by atoms with Crippen LogP contribution in [0.3, 0.4) is 0 Å². The predicted octanol–water partition coefficient (Wildman–Crippen LogP) is 4.89. The van der Waals surface area contributed by atoms with Crippen molar-refractivity contribution in [3.63, 3.8) is 0 Å². The fraction of sp³-hybridized carbons (Fsp3) is 0.734. The van der Waals surface area contributed by atoms with E-state index in [0.29, 0.717) is 30.4 Å². The Morgan fingerprint density at radius 3 is 2.11 bits per heavy atom. The Hall–Kier alpha value is -4.77. The largest absolute Gasteiger partial charge is 0.600 e. The third-order valence-corrected chi connectivity index (χ3v) is 20.3. The molecule has 5 saturated heterocycles. The molecule has 0 aromatic rings. The first kappa shape index (κ1) is 67.6.